The average molecular weight is 293 g/mol. The fourth-order valence-electron chi connectivity index (χ4n) is 2.26. The van der Waals surface area contributed by atoms with Crippen molar-refractivity contribution in [1.82, 2.24) is 10.2 Å². The highest BCUT2D eigenvalue weighted by molar-refractivity contribution is 5.94. The quantitative estimate of drug-likeness (QED) is 0.922. The van der Waals surface area contributed by atoms with E-state index >= 15 is 0 Å². The lowest BCUT2D eigenvalue weighted by atomic mass is 10.1. The molecule has 1 atom stereocenters. The van der Waals surface area contributed by atoms with Gasteiger partial charge in [0.05, 0.1) is 17.7 Å². The van der Waals surface area contributed by atoms with E-state index in [1.807, 2.05) is 49.3 Å². The van der Waals surface area contributed by atoms with Crippen molar-refractivity contribution in [1.29, 1.82) is 5.26 Å². The Morgan fingerprint density at radius 2 is 1.91 bits per heavy atom. The van der Waals surface area contributed by atoms with Crippen LogP contribution in [-0.4, -0.2) is 31.4 Å². The van der Waals surface area contributed by atoms with Crippen molar-refractivity contribution >= 4 is 5.91 Å². The largest absolute Gasteiger partial charge is 0.344 e. The molecular formula is C18H19N3O. The van der Waals surface area contributed by atoms with E-state index in [1.54, 1.807) is 24.3 Å². The molecule has 4 nitrogen and oxygen atoms in total. The van der Waals surface area contributed by atoms with Crippen LogP contribution in [0.25, 0.3) is 0 Å². The molecule has 0 radical (unpaired) electrons. The van der Waals surface area contributed by atoms with Crippen LogP contribution in [0.15, 0.2) is 54.6 Å². The molecule has 2 aromatic rings. The summed E-state index contributed by atoms with van der Waals surface area (Å²) in [5, 5.41) is 12.0. The Kier molecular flexibility index (Phi) is 5.29. The number of hydrogen-bond donors (Lipinski definition) is 1. The molecular weight excluding hydrogens is 274 g/mol. The van der Waals surface area contributed by atoms with E-state index < -0.39 is 0 Å². The molecule has 0 heterocycles. The summed E-state index contributed by atoms with van der Waals surface area (Å²) in [5.41, 5.74) is 2.04. The number of nitrogens with one attached hydrogen (secondary N) is 1. The second kappa shape index (κ2) is 7.39. The van der Waals surface area contributed by atoms with Crippen LogP contribution in [0.1, 0.15) is 27.5 Å². The van der Waals surface area contributed by atoms with E-state index in [-0.39, 0.29) is 11.9 Å². The predicted octanol–water partition coefficient (Wildman–Crippen LogP) is 2.59. The van der Waals surface area contributed by atoms with Gasteiger partial charge in [0.15, 0.2) is 0 Å². The van der Waals surface area contributed by atoms with Crippen molar-refractivity contribution in [2.24, 2.45) is 0 Å². The summed E-state index contributed by atoms with van der Waals surface area (Å²) in [6.07, 6.45) is 0. The van der Waals surface area contributed by atoms with Crippen LogP contribution in [0, 0.1) is 11.3 Å². The van der Waals surface area contributed by atoms with Gasteiger partial charge in [-0.1, -0.05) is 36.4 Å². The number of likely N-dealkylation sites (N-methyl/N-ethyl adjacent to an activating group) is 1. The van der Waals surface area contributed by atoms with E-state index in [1.165, 1.54) is 0 Å². The summed E-state index contributed by atoms with van der Waals surface area (Å²) in [6, 6.07) is 18.5. The van der Waals surface area contributed by atoms with Crippen LogP contribution >= 0.6 is 0 Å². The SMILES string of the molecule is CN(C)C[C@H](NC(=O)c1cccc(C#N)c1)c1ccccc1. The minimum atomic E-state index is -0.173. The van der Waals surface area contributed by atoms with E-state index in [0.717, 1.165) is 5.56 Å². The third kappa shape index (κ3) is 4.18. The van der Waals surface area contributed by atoms with Crippen molar-refractivity contribution in [2.75, 3.05) is 20.6 Å². The molecule has 0 aliphatic heterocycles. The number of hydrogen-bond acceptors (Lipinski definition) is 3. The van der Waals surface area contributed by atoms with Gasteiger partial charge in [-0.05, 0) is 37.9 Å². The average Bonchev–Trinajstić information content (AvgIpc) is 2.54. The molecule has 0 saturated carbocycles. The van der Waals surface area contributed by atoms with Gasteiger partial charge in [0.25, 0.3) is 5.91 Å². The van der Waals surface area contributed by atoms with Crippen molar-refractivity contribution < 1.29 is 4.79 Å². The number of carbonyl (C=O) groups is 1. The molecule has 22 heavy (non-hydrogen) atoms. The Balaban J connectivity index is 2.19. The zero-order chi connectivity index (χ0) is 15.9. The van der Waals surface area contributed by atoms with Gasteiger partial charge in [-0.3, -0.25) is 4.79 Å². The van der Waals surface area contributed by atoms with Gasteiger partial charge in [-0.15, -0.1) is 0 Å². The smallest absolute Gasteiger partial charge is 0.251 e. The second-order valence-electron chi connectivity index (χ2n) is 5.39. The van der Waals surface area contributed by atoms with E-state index in [2.05, 4.69) is 11.4 Å². The molecule has 2 rings (SSSR count). The molecule has 0 fully saturated rings. The van der Waals surface area contributed by atoms with E-state index in [9.17, 15) is 4.79 Å². The van der Waals surface area contributed by atoms with Crippen LogP contribution in [0.4, 0.5) is 0 Å². The number of carbonyl (C=O) groups excluding carboxylic acids is 1. The first-order chi connectivity index (χ1) is 10.6. The van der Waals surface area contributed by atoms with E-state index in [4.69, 9.17) is 5.26 Å². The number of rotatable bonds is 5. The Morgan fingerprint density at radius 1 is 1.18 bits per heavy atom. The lowest BCUT2D eigenvalue weighted by Crippen LogP contribution is -2.35. The number of benzene rings is 2. The molecule has 1 N–H and O–H groups in total. The molecule has 2 aromatic carbocycles. The minimum Gasteiger partial charge on any atom is -0.344 e. The minimum absolute atomic E-state index is 0.102. The summed E-state index contributed by atoms with van der Waals surface area (Å²) in [4.78, 5) is 14.5. The Morgan fingerprint density at radius 3 is 2.55 bits per heavy atom. The zero-order valence-electron chi connectivity index (χ0n) is 12.8. The molecule has 112 valence electrons. The highest BCUT2D eigenvalue weighted by atomic mass is 16.1. The Bertz CT molecular complexity index is 674. The van der Waals surface area contributed by atoms with Gasteiger partial charge in [0.1, 0.15) is 0 Å². The zero-order valence-corrected chi connectivity index (χ0v) is 12.8. The Hall–Kier alpha value is -2.64. The third-order valence-corrected chi connectivity index (χ3v) is 3.31. The highest BCUT2D eigenvalue weighted by Gasteiger charge is 2.16. The molecule has 0 saturated heterocycles. The van der Waals surface area contributed by atoms with Crippen molar-refractivity contribution in [3.05, 3.63) is 71.3 Å². The van der Waals surface area contributed by atoms with Gasteiger partial charge in [-0.25, -0.2) is 0 Å². The number of nitrogens with zero attached hydrogens (tertiary/aromatic N) is 2. The summed E-state index contributed by atoms with van der Waals surface area (Å²) in [7, 11) is 3.94. The molecule has 4 heteroatoms. The van der Waals surface area contributed by atoms with Crippen LogP contribution in [0.2, 0.25) is 0 Å². The summed E-state index contributed by atoms with van der Waals surface area (Å²) < 4.78 is 0. The monoisotopic (exact) mass is 293 g/mol. The van der Waals surface area contributed by atoms with Gasteiger partial charge >= 0.3 is 0 Å². The summed E-state index contributed by atoms with van der Waals surface area (Å²) in [6.45, 7) is 0.702. The number of amides is 1. The number of nitriles is 1. The Labute approximate surface area is 131 Å². The summed E-state index contributed by atoms with van der Waals surface area (Å²) >= 11 is 0. The van der Waals surface area contributed by atoms with Gasteiger partial charge in [0, 0.05) is 12.1 Å². The maximum absolute atomic E-state index is 12.4. The predicted molar refractivity (Wildman–Crippen MR) is 86.4 cm³/mol. The molecule has 0 aromatic heterocycles. The topological polar surface area (TPSA) is 56.1 Å². The molecule has 0 unspecified atom stereocenters. The van der Waals surface area contributed by atoms with Gasteiger partial charge in [-0.2, -0.15) is 5.26 Å². The van der Waals surface area contributed by atoms with Crippen LogP contribution in [0.5, 0.6) is 0 Å². The van der Waals surface area contributed by atoms with E-state index in [0.29, 0.717) is 17.7 Å². The first-order valence-electron chi connectivity index (χ1n) is 7.11. The molecule has 1 amide bonds. The normalized spacial score (nSPS) is 11.7. The van der Waals surface area contributed by atoms with Crippen molar-refractivity contribution in [3.8, 4) is 6.07 Å². The lowest BCUT2D eigenvalue weighted by molar-refractivity contribution is 0.0930. The fraction of sp³-hybridized carbons (Fsp3) is 0.222. The van der Waals surface area contributed by atoms with Crippen LogP contribution in [-0.2, 0) is 0 Å². The van der Waals surface area contributed by atoms with Crippen molar-refractivity contribution in [3.63, 3.8) is 0 Å². The third-order valence-electron chi connectivity index (χ3n) is 3.31. The van der Waals surface area contributed by atoms with Crippen LogP contribution in [0.3, 0.4) is 0 Å². The van der Waals surface area contributed by atoms with Gasteiger partial charge < -0.3 is 10.2 Å². The maximum Gasteiger partial charge on any atom is 0.251 e. The van der Waals surface area contributed by atoms with Crippen molar-refractivity contribution in [2.45, 2.75) is 6.04 Å². The molecule has 0 aliphatic carbocycles. The summed E-state index contributed by atoms with van der Waals surface area (Å²) in [5.74, 6) is -0.173. The first kappa shape index (κ1) is 15.7. The first-order valence-corrected chi connectivity index (χ1v) is 7.11. The lowest BCUT2D eigenvalue weighted by Gasteiger charge is -2.23. The molecule has 0 spiro atoms. The second-order valence-corrected chi connectivity index (χ2v) is 5.39. The van der Waals surface area contributed by atoms with Gasteiger partial charge in [0.2, 0.25) is 0 Å². The standard InChI is InChI=1S/C18H19N3O/c1-21(2)13-17(15-8-4-3-5-9-15)20-18(22)16-10-6-7-14(11-16)12-19/h3-11,17H,13H2,1-2H3,(H,20,22)/t17-/m0/s1. The van der Waals surface area contributed by atoms with Crippen LogP contribution < -0.4 is 5.32 Å². The maximum atomic E-state index is 12.4. The fourth-order valence-corrected chi connectivity index (χ4v) is 2.26. The molecule has 0 aliphatic rings. The molecule has 0 bridgehead atoms. The highest BCUT2D eigenvalue weighted by Crippen LogP contribution is 2.15.